The highest BCUT2D eigenvalue weighted by Gasteiger charge is 2.15. The molecule has 0 atom stereocenters. The van der Waals surface area contributed by atoms with E-state index < -0.39 is 0 Å². The average Bonchev–Trinajstić information content (AvgIpc) is 2.56. The highest BCUT2D eigenvalue weighted by Crippen LogP contribution is 2.23. The summed E-state index contributed by atoms with van der Waals surface area (Å²) in [5.41, 5.74) is 2.14. The Balaban J connectivity index is 1.90. The molecule has 22 heavy (non-hydrogen) atoms. The molecule has 1 fully saturated rings. The molecule has 116 valence electrons. The van der Waals surface area contributed by atoms with Gasteiger partial charge in [-0.25, -0.2) is 9.97 Å². The number of hydrogen-bond acceptors (Lipinski definition) is 4. The maximum atomic E-state index is 4.73. The summed E-state index contributed by atoms with van der Waals surface area (Å²) in [7, 11) is 0. The second kappa shape index (κ2) is 6.88. The molecule has 0 spiro atoms. The molecule has 1 aliphatic rings. The first-order valence-corrected chi connectivity index (χ1v) is 8.14. The molecule has 1 aromatic heterocycles. The van der Waals surface area contributed by atoms with Crippen LogP contribution in [-0.2, 0) is 0 Å². The van der Waals surface area contributed by atoms with Crippen LogP contribution < -0.4 is 10.6 Å². The molecule has 2 aromatic rings. The van der Waals surface area contributed by atoms with E-state index in [4.69, 9.17) is 9.97 Å². The molecule has 0 amide bonds. The largest absolute Gasteiger partial charge is 0.367 e. The minimum Gasteiger partial charge on any atom is -0.367 e. The lowest BCUT2D eigenvalue weighted by Crippen LogP contribution is -2.35. The summed E-state index contributed by atoms with van der Waals surface area (Å²) in [5.74, 6) is 2.17. The third-order valence-electron chi connectivity index (χ3n) is 4.02. The predicted molar refractivity (Wildman–Crippen MR) is 91.1 cm³/mol. The molecule has 3 rings (SSSR count). The zero-order valence-electron chi connectivity index (χ0n) is 13.3. The Kier molecular flexibility index (Phi) is 4.68. The van der Waals surface area contributed by atoms with E-state index in [1.807, 2.05) is 18.2 Å². The maximum Gasteiger partial charge on any atom is 0.133 e. The molecule has 2 heterocycles. The Morgan fingerprint density at radius 3 is 2.50 bits per heavy atom. The third-order valence-corrected chi connectivity index (χ3v) is 4.02. The second-order valence-corrected chi connectivity index (χ2v) is 6.19. The van der Waals surface area contributed by atoms with Gasteiger partial charge in [-0.2, -0.15) is 0 Å². The summed E-state index contributed by atoms with van der Waals surface area (Å²) in [4.78, 5) is 9.44. The maximum absolute atomic E-state index is 4.73. The summed E-state index contributed by atoms with van der Waals surface area (Å²) in [6.45, 7) is 6.42. The molecule has 2 N–H and O–H groups in total. The van der Waals surface area contributed by atoms with Gasteiger partial charge in [-0.05, 0) is 25.9 Å². The van der Waals surface area contributed by atoms with Crippen molar-refractivity contribution in [2.24, 2.45) is 0 Å². The fourth-order valence-electron chi connectivity index (χ4n) is 2.73. The highest BCUT2D eigenvalue weighted by atomic mass is 15.1. The molecule has 0 unspecified atom stereocenters. The SMILES string of the molecule is CC(C)c1nc(NC2CCNCC2)cc(-c2ccccc2)n1. The monoisotopic (exact) mass is 296 g/mol. The number of aromatic nitrogens is 2. The van der Waals surface area contributed by atoms with Crippen LogP contribution in [0.1, 0.15) is 38.4 Å². The number of benzene rings is 1. The van der Waals surface area contributed by atoms with Crippen molar-refractivity contribution >= 4 is 5.82 Å². The number of rotatable bonds is 4. The predicted octanol–water partition coefficient (Wildman–Crippen LogP) is 3.43. The van der Waals surface area contributed by atoms with Gasteiger partial charge in [0.25, 0.3) is 0 Å². The minimum atomic E-state index is 0.317. The first-order chi connectivity index (χ1) is 10.7. The number of nitrogens with zero attached hydrogens (tertiary/aromatic N) is 2. The molecule has 4 heteroatoms. The quantitative estimate of drug-likeness (QED) is 0.907. The Labute approximate surface area is 132 Å². The first kappa shape index (κ1) is 15.0. The van der Waals surface area contributed by atoms with Crippen LogP contribution >= 0.6 is 0 Å². The van der Waals surface area contributed by atoms with Crippen molar-refractivity contribution in [2.45, 2.75) is 38.6 Å². The zero-order chi connectivity index (χ0) is 15.4. The van der Waals surface area contributed by atoms with Crippen LogP contribution in [0.15, 0.2) is 36.4 Å². The lowest BCUT2D eigenvalue weighted by Gasteiger charge is -2.24. The highest BCUT2D eigenvalue weighted by molar-refractivity contribution is 5.62. The van der Waals surface area contributed by atoms with E-state index in [0.29, 0.717) is 12.0 Å². The van der Waals surface area contributed by atoms with Crippen LogP contribution in [0, 0.1) is 0 Å². The third kappa shape index (κ3) is 3.63. The second-order valence-electron chi connectivity index (χ2n) is 6.19. The Morgan fingerprint density at radius 1 is 1.09 bits per heavy atom. The van der Waals surface area contributed by atoms with Crippen LogP contribution in [0.25, 0.3) is 11.3 Å². The van der Waals surface area contributed by atoms with Crippen molar-refractivity contribution < 1.29 is 0 Å². The average molecular weight is 296 g/mol. The number of piperidine rings is 1. The Bertz CT molecular complexity index is 604. The molecular weight excluding hydrogens is 272 g/mol. The Hall–Kier alpha value is -1.94. The van der Waals surface area contributed by atoms with Crippen LogP contribution in [-0.4, -0.2) is 29.1 Å². The molecular formula is C18H24N4. The van der Waals surface area contributed by atoms with Gasteiger partial charge in [-0.3, -0.25) is 0 Å². The Morgan fingerprint density at radius 2 is 1.82 bits per heavy atom. The standard InChI is InChI=1S/C18H24N4/c1-13(2)18-21-16(14-6-4-3-5-7-14)12-17(22-18)20-15-8-10-19-11-9-15/h3-7,12-13,15,19H,8-11H2,1-2H3,(H,20,21,22). The van der Waals surface area contributed by atoms with E-state index in [9.17, 15) is 0 Å². The van der Waals surface area contributed by atoms with Gasteiger partial charge in [0.1, 0.15) is 11.6 Å². The molecule has 1 aromatic carbocycles. The van der Waals surface area contributed by atoms with Gasteiger partial charge in [0.05, 0.1) is 5.69 Å². The number of hydrogen-bond donors (Lipinski definition) is 2. The normalized spacial score (nSPS) is 16.0. The van der Waals surface area contributed by atoms with Crippen LogP contribution in [0.4, 0.5) is 5.82 Å². The van der Waals surface area contributed by atoms with Gasteiger partial charge in [0, 0.05) is 23.6 Å². The lowest BCUT2D eigenvalue weighted by molar-refractivity contribution is 0.478. The molecule has 1 saturated heterocycles. The molecule has 4 nitrogen and oxygen atoms in total. The van der Waals surface area contributed by atoms with Crippen molar-refractivity contribution in [1.29, 1.82) is 0 Å². The summed E-state index contributed by atoms with van der Waals surface area (Å²) in [6, 6.07) is 12.9. The summed E-state index contributed by atoms with van der Waals surface area (Å²) in [5, 5.41) is 6.99. The molecule has 0 radical (unpaired) electrons. The van der Waals surface area contributed by atoms with Crippen LogP contribution in [0.5, 0.6) is 0 Å². The topological polar surface area (TPSA) is 49.8 Å². The van der Waals surface area contributed by atoms with Crippen molar-refractivity contribution in [1.82, 2.24) is 15.3 Å². The van der Waals surface area contributed by atoms with E-state index in [-0.39, 0.29) is 0 Å². The molecule has 1 aliphatic heterocycles. The molecule has 0 aliphatic carbocycles. The lowest BCUT2D eigenvalue weighted by atomic mass is 10.1. The van der Waals surface area contributed by atoms with E-state index >= 15 is 0 Å². The van der Waals surface area contributed by atoms with Crippen molar-refractivity contribution in [3.63, 3.8) is 0 Å². The van der Waals surface area contributed by atoms with Crippen molar-refractivity contribution in [2.75, 3.05) is 18.4 Å². The number of anilines is 1. The fraction of sp³-hybridized carbons (Fsp3) is 0.444. The van der Waals surface area contributed by atoms with Gasteiger partial charge in [-0.15, -0.1) is 0 Å². The summed E-state index contributed by atoms with van der Waals surface area (Å²) in [6.07, 6.45) is 2.28. The first-order valence-electron chi connectivity index (χ1n) is 8.14. The van der Waals surface area contributed by atoms with Gasteiger partial charge in [-0.1, -0.05) is 44.2 Å². The van der Waals surface area contributed by atoms with E-state index in [1.165, 1.54) is 0 Å². The van der Waals surface area contributed by atoms with Gasteiger partial charge < -0.3 is 10.6 Å². The van der Waals surface area contributed by atoms with Gasteiger partial charge in [0.2, 0.25) is 0 Å². The van der Waals surface area contributed by atoms with Crippen molar-refractivity contribution in [3.8, 4) is 11.3 Å². The smallest absolute Gasteiger partial charge is 0.133 e. The fourth-order valence-corrected chi connectivity index (χ4v) is 2.73. The number of nitrogens with one attached hydrogen (secondary N) is 2. The van der Waals surface area contributed by atoms with E-state index in [2.05, 4.69) is 42.7 Å². The van der Waals surface area contributed by atoms with Crippen LogP contribution in [0.2, 0.25) is 0 Å². The van der Waals surface area contributed by atoms with Crippen molar-refractivity contribution in [3.05, 3.63) is 42.2 Å². The molecule has 0 saturated carbocycles. The molecule has 0 bridgehead atoms. The van der Waals surface area contributed by atoms with Gasteiger partial charge >= 0.3 is 0 Å². The summed E-state index contributed by atoms with van der Waals surface area (Å²) < 4.78 is 0. The van der Waals surface area contributed by atoms with E-state index in [1.54, 1.807) is 0 Å². The summed E-state index contributed by atoms with van der Waals surface area (Å²) >= 11 is 0. The van der Waals surface area contributed by atoms with E-state index in [0.717, 1.165) is 48.8 Å². The van der Waals surface area contributed by atoms with Gasteiger partial charge in [0.15, 0.2) is 0 Å². The zero-order valence-corrected chi connectivity index (χ0v) is 13.3. The minimum absolute atomic E-state index is 0.317. The van der Waals surface area contributed by atoms with Crippen LogP contribution in [0.3, 0.4) is 0 Å².